The predicted molar refractivity (Wildman–Crippen MR) is 67.8 cm³/mol. The molecule has 0 amide bonds. The maximum Gasteiger partial charge on any atom is 0.287 e. The molecule has 2 heterocycles. The first-order valence-corrected chi connectivity index (χ1v) is 5.22. The van der Waals surface area contributed by atoms with Crippen LogP contribution in [0.5, 0.6) is 0 Å². The molecular formula is C10H15ClN4O2. The number of nitrogens with one attached hydrogen (secondary N) is 1. The maximum atomic E-state index is 10.5. The summed E-state index contributed by atoms with van der Waals surface area (Å²) in [6.07, 6.45) is 2.38. The van der Waals surface area contributed by atoms with E-state index in [1.54, 1.807) is 6.07 Å². The van der Waals surface area contributed by atoms with Gasteiger partial charge in [-0.3, -0.25) is 10.1 Å². The molecule has 0 aromatic carbocycles. The quantitative estimate of drug-likeness (QED) is 0.652. The number of likely N-dealkylation sites (N-methyl/N-ethyl adjacent to an activating group) is 1. The summed E-state index contributed by atoms with van der Waals surface area (Å²) in [6, 6.07) is 3.60. The highest BCUT2D eigenvalue weighted by Gasteiger charge is 2.20. The fourth-order valence-corrected chi connectivity index (χ4v) is 1.85. The summed E-state index contributed by atoms with van der Waals surface area (Å²) in [5.74, 6) is 0.777. The molecule has 0 bridgehead atoms. The van der Waals surface area contributed by atoms with Crippen molar-refractivity contribution in [1.29, 1.82) is 0 Å². The Kier molecular flexibility index (Phi) is 4.65. The summed E-state index contributed by atoms with van der Waals surface area (Å²) in [5.41, 5.74) is 0.0293. The Hall–Kier alpha value is -1.40. The second-order valence-corrected chi connectivity index (χ2v) is 3.89. The number of pyridine rings is 1. The van der Waals surface area contributed by atoms with E-state index in [-0.39, 0.29) is 18.1 Å². The molecule has 1 atom stereocenters. The fraction of sp³-hybridized carbons (Fsp3) is 0.500. The Bertz CT molecular complexity index is 378. The van der Waals surface area contributed by atoms with Gasteiger partial charge in [0.05, 0.1) is 4.92 Å². The first-order valence-electron chi connectivity index (χ1n) is 5.22. The van der Waals surface area contributed by atoms with Gasteiger partial charge in [-0.1, -0.05) is 0 Å². The van der Waals surface area contributed by atoms with Crippen LogP contribution >= 0.6 is 12.4 Å². The molecule has 1 aromatic rings. The monoisotopic (exact) mass is 258 g/mol. The minimum absolute atomic E-state index is 0. The topological polar surface area (TPSA) is 71.3 Å². The van der Waals surface area contributed by atoms with Gasteiger partial charge in [0.25, 0.3) is 5.69 Å². The van der Waals surface area contributed by atoms with Crippen LogP contribution in [0.15, 0.2) is 18.3 Å². The average molecular weight is 259 g/mol. The number of anilines is 1. The lowest BCUT2D eigenvalue weighted by Gasteiger charge is -2.24. The number of nitro groups is 1. The van der Waals surface area contributed by atoms with Crippen molar-refractivity contribution in [3.05, 3.63) is 28.4 Å². The van der Waals surface area contributed by atoms with E-state index in [4.69, 9.17) is 0 Å². The molecule has 0 aliphatic carbocycles. The summed E-state index contributed by atoms with van der Waals surface area (Å²) < 4.78 is 0. The van der Waals surface area contributed by atoms with Gasteiger partial charge in [0.1, 0.15) is 12.0 Å². The standard InChI is InChI=1S/C10H14N4O2.ClH/c1-13(8-4-5-11-6-8)10-3-2-9(7-12-10)14(15)16;/h2-3,7-8,11H,4-6H2,1H3;1H/t8-;/m0./s1. The van der Waals surface area contributed by atoms with Crippen LogP contribution in [0, 0.1) is 10.1 Å². The zero-order valence-electron chi connectivity index (χ0n) is 9.50. The summed E-state index contributed by atoms with van der Waals surface area (Å²) in [7, 11) is 1.96. The van der Waals surface area contributed by atoms with Gasteiger partial charge in [-0.05, 0) is 19.0 Å². The molecule has 1 aliphatic rings. The van der Waals surface area contributed by atoms with Gasteiger partial charge in [-0.25, -0.2) is 4.98 Å². The van der Waals surface area contributed by atoms with E-state index in [1.807, 2.05) is 7.05 Å². The van der Waals surface area contributed by atoms with E-state index in [2.05, 4.69) is 15.2 Å². The highest BCUT2D eigenvalue weighted by Crippen LogP contribution is 2.18. The van der Waals surface area contributed by atoms with Gasteiger partial charge in [-0.15, -0.1) is 12.4 Å². The average Bonchev–Trinajstić information content (AvgIpc) is 2.81. The largest absolute Gasteiger partial charge is 0.355 e. The summed E-state index contributed by atoms with van der Waals surface area (Å²) in [4.78, 5) is 16.2. The maximum absolute atomic E-state index is 10.5. The predicted octanol–water partition coefficient (Wildman–Crippen LogP) is 1.21. The molecular weight excluding hydrogens is 244 g/mol. The Morgan fingerprint density at radius 1 is 1.59 bits per heavy atom. The molecule has 1 N–H and O–H groups in total. The number of nitrogens with zero attached hydrogens (tertiary/aromatic N) is 3. The third-order valence-electron chi connectivity index (χ3n) is 2.89. The molecule has 0 radical (unpaired) electrons. The van der Waals surface area contributed by atoms with Crippen LogP contribution < -0.4 is 10.2 Å². The molecule has 1 saturated heterocycles. The van der Waals surface area contributed by atoms with Gasteiger partial charge >= 0.3 is 0 Å². The SMILES string of the molecule is CN(c1ccc([N+](=O)[O-])cn1)[C@H]1CCNC1.Cl. The normalized spacial score (nSPS) is 18.5. The van der Waals surface area contributed by atoms with Crippen LogP contribution in [0.3, 0.4) is 0 Å². The van der Waals surface area contributed by atoms with E-state index in [9.17, 15) is 10.1 Å². The summed E-state index contributed by atoms with van der Waals surface area (Å²) in [6.45, 7) is 1.96. The van der Waals surface area contributed by atoms with Gasteiger partial charge in [0.2, 0.25) is 0 Å². The second kappa shape index (κ2) is 5.79. The van der Waals surface area contributed by atoms with Gasteiger partial charge < -0.3 is 10.2 Å². The van der Waals surface area contributed by atoms with Crippen LogP contribution in [-0.4, -0.2) is 36.1 Å². The third kappa shape index (κ3) is 3.04. The lowest BCUT2D eigenvalue weighted by molar-refractivity contribution is -0.385. The van der Waals surface area contributed by atoms with E-state index in [0.717, 1.165) is 25.3 Å². The highest BCUT2D eigenvalue weighted by molar-refractivity contribution is 5.85. The van der Waals surface area contributed by atoms with Crippen molar-refractivity contribution >= 4 is 23.9 Å². The summed E-state index contributed by atoms with van der Waals surface area (Å²) in [5, 5.41) is 13.8. The third-order valence-corrected chi connectivity index (χ3v) is 2.89. The molecule has 2 rings (SSSR count). The van der Waals surface area contributed by atoms with Crippen molar-refractivity contribution in [3.63, 3.8) is 0 Å². The molecule has 7 heteroatoms. The summed E-state index contributed by atoms with van der Waals surface area (Å²) >= 11 is 0. The smallest absolute Gasteiger partial charge is 0.287 e. The number of hydrogen-bond donors (Lipinski definition) is 1. The lowest BCUT2D eigenvalue weighted by Crippen LogP contribution is -2.33. The Labute approximate surface area is 106 Å². The van der Waals surface area contributed by atoms with Gasteiger partial charge in [0.15, 0.2) is 0 Å². The van der Waals surface area contributed by atoms with Crippen LogP contribution in [-0.2, 0) is 0 Å². The molecule has 0 unspecified atom stereocenters. The molecule has 0 spiro atoms. The first-order chi connectivity index (χ1) is 7.68. The van der Waals surface area contributed by atoms with E-state index in [1.165, 1.54) is 12.3 Å². The second-order valence-electron chi connectivity index (χ2n) is 3.89. The zero-order valence-corrected chi connectivity index (χ0v) is 10.3. The van der Waals surface area contributed by atoms with Crippen molar-refractivity contribution in [2.45, 2.75) is 12.5 Å². The molecule has 1 aromatic heterocycles. The fourth-order valence-electron chi connectivity index (χ4n) is 1.85. The molecule has 1 aliphatic heterocycles. The first kappa shape index (κ1) is 13.7. The molecule has 94 valence electrons. The number of rotatable bonds is 3. The Balaban J connectivity index is 0.00000144. The Morgan fingerprint density at radius 2 is 2.35 bits per heavy atom. The number of halogens is 1. The van der Waals surface area contributed by atoms with Crippen molar-refractivity contribution in [2.24, 2.45) is 0 Å². The van der Waals surface area contributed by atoms with Gasteiger partial charge in [-0.2, -0.15) is 0 Å². The minimum atomic E-state index is -0.437. The number of hydrogen-bond acceptors (Lipinski definition) is 5. The molecule has 17 heavy (non-hydrogen) atoms. The van der Waals surface area contributed by atoms with Crippen molar-refractivity contribution < 1.29 is 4.92 Å². The number of aromatic nitrogens is 1. The Morgan fingerprint density at radius 3 is 2.82 bits per heavy atom. The van der Waals surface area contributed by atoms with Crippen LogP contribution in [0.1, 0.15) is 6.42 Å². The van der Waals surface area contributed by atoms with Crippen molar-refractivity contribution in [1.82, 2.24) is 10.3 Å². The minimum Gasteiger partial charge on any atom is -0.355 e. The van der Waals surface area contributed by atoms with Gasteiger partial charge in [0, 0.05) is 25.7 Å². The molecule has 1 fully saturated rings. The van der Waals surface area contributed by atoms with Crippen LogP contribution in [0.4, 0.5) is 11.5 Å². The van der Waals surface area contributed by atoms with Crippen molar-refractivity contribution in [3.8, 4) is 0 Å². The van der Waals surface area contributed by atoms with E-state index < -0.39 is 4.92 Å². The van der Waals surface area contributed by atoms with Crippen molar-refractivity contribution in [2.75, 3.05) is 25.0 Å². The van der Waals surface area contributed by atoms with E-state index >= 15 is 0 Å². The van der Waals surface area contributed by atoms with E-state index in [0.29, 0.717) is 6.04 Å². The lowest BCUT2D eigenvalue weighted by atomic mass is 10.2. The molecule has 6 nitrogen and oxygen atoms in total. The van der Waals surface area contributed by atoms with Crippen LogP contribution in [0.2, 0.25) is 0 Å². The van der Waals surface area contributed by atoms with Crippen LogP contribution in [0.25, 0.3) is 0 Å². The molecule has 0 saturated carbocycles. The highest BCUT2D eigenvalue weighted by atomic mass is 35.5. The zero-order chi connectivity index (χ0) is 11.5.